The van der Waals surface area contributed by atoms with Gasteiger partial charge in [-0.3, -0.25) is 14.4 Å². The number of hydrogen-bond donors (Lipinski definition) is 0. The molecule has 0 saturated carbocycles. The number of esters is 3. The van der Waals surface area contributed by atoms with E-state index in [4.69, 9.17) is 14.2 Å². The van der Waals surface area contributed by atoms with Crippen molar-refractivity contribution in [3.05, 3.63) is 146 Å². The molecule has 1 unspecified atom stereocenters. The minimum Gasteiger partial charge on any atom is -0.462 e. The number of allylic oxidation sites excluding steroid dienone is 24. The van der Waals surface area contributed by atoms with Crippen molar-refractivity contribution >= 4 is 17.9 Å². The first-order valence-corrected chi connectivity index (χ1v) is 31.8. The summed E-state index contributed by atoms with van der Waals surface area (Å²) >= 11 is 0. The Labute approximate surface area is 480 Å². The third-order valence-electron chi connectivity index (χ3n) is 13.1. The number of carbonyl (C=O) groups is 3. The molecule has 6 nitrogen and oxygen atoms in total. The van der Waals surface area contributed by atoms with Crippen LogP contribution < -0.4 is 0 Å². The molecule has 0 heterocycles. The van der Waals surface area contributed by atoms with E-state index in [0.717, 1.165) is 173 Å². The van der Waals surface area contributed by atoms with Crippen LogP contribution in [0, 0.1) is 0 Å². The van der Waals surface area contributed by atoms with Gasteiger partial charge in [0.25, 0.3) is 0 Å². The molecule has 0 aromatic rings. The van der Waals surface area contributed by atoms with Crippen LogP contribution in [0.2, 0.25) is 0 Å². The van der Waals surface area contributed by atoms with E-state index in [2.05, 4.69) is 167 Å². The second-order valence-corrected chi connectivity index (χ2v) is 20.5. The Bertz CT molecular complexity index is 1710. The molecule has 0 aliphatic carbocycles. The molecule has 0 aromatic carbocycles. The summed E-state index contributed by atoms with van der Waals surface area (Å²) in [7, 11) is 0. The summed E-state index contributed by atoms with van der Waals surface area (Å²) in [5, 5.41) is 0. The average molecular weight is 1080 g/mol. The number of hydrogen-bond acceptors (Lipinski definition) is 6. The molecule has 0 N–H and O–H groups in total. The summed E-state index contributed by atoms with van der Waals surface area (Å²) in [6, 6.07) is 0. The molecule has 0 saturated heterocycles. The summed E-state index contributed by atoms with van der Waals surface area (Å²) in [5.74, 6) is -0.943. The van der Waals surface area contributed by atoms with E-state index in [1.807, 2.05) is 0 Å². The minimum atomic E-state index is -0.806. The number of rotatable bonds is 56. The molecule has 0 radical (unpaired) electrons. The van der Waals surface area contributed by atoms with Crippen molar-refractivity contribution in [2.24, 2.45) is 0 Å². The van der Waals surface area contributed by atoms with Crippen LogP contribution in [0.4, 0.5) is 0 Å². The lowest BCUT2D eigenvalue weighted by Gasteiger charge is -2.18. The number of ether oxygens (including phenoxy) is 3. The highest BCUT2D eigenvalue weighted by atomic mass is 16.6. The van der Waals surface area contributed by atoms with Gasteiger partial charge in [0.05, 0.1) is 0 Å². The zero-order valence-electron chi connectivity index (χ0n) is 50.4. The Morgan fingerprint density at radius 1 is 0.269 bits per heavy atom. The monoisotopic (exact) mass is 1080 g/mol. The smallest absolute Gasteiger partial charge is 0.306 e. The van der Waals surface area contributed by atoms with Crippen LogP contribution in [-0.4, -0.2) is 37.2 Å². The SMILES string of the molecule is CC/C=C\C/C=C\C/C=C\C/C=C\C/C=C\C/C=C\CCCCCCCCC(=O)OCC(COC(=O)CCCCCCC/C=C\C/C=C\CCCCCC)OC(=O)CCCCCCCC/C=C\C/C=C\C/C=C\C/C=C\CC. The van der Waals surface area contributed by atoms with E-state index in [0.29, 0.717) is 19.3 Å². The molecule has 0 amide bonds. The maximum Gasteiger partial charge on any atom is 0.306 e. The van der Waals surface area contributed by atoms with E-state index in [1.165, 1.54) is 57.8 Å². The van der Waals surface area contributed by atoms with E-state index >= 15 is 0 Å². The van der Waals surface area contributed by atoms with Gasteiger partial charge in [0.15, 0.2) is 6.10 Å². The molecule has 0 aromatic heterocycles. The Kier molecular flexibility index (Phi) is 60.9. The highest BCUT2D eigenvalue weighted by Gasteiger charge is 2.19. The number of unbranched alkanes of at least 4 members (excludes halogenated alkanes) is 21. The molecule has 0 rings (SSSR count). The molecular weight excluding hydrogens is 961 g/mol. The van der Waals surface area contributed by atoms with Crippen LogP contribution in [0.15, 0.2) is 146 Å². The number of carbonyl (C=O) groups excluding carboxylic acids is 3. The van der Waals surface area contributed by atoms with Crippen LogP contribution in [0.25, 0.3) is 0 Å². The third-order valence-corrected chi connectivity index (χ3v) is 13.1. The van der Waals surface area contributed by atoms with Crippen molar-refractivity contribution in [2.45, 2.75) is 277 Å². The van der Waals surface area contributed by atoms with Crippen molar-refractivity contribution in [1.82, 2.24) is 0 Å². The Balaban J connectivity index is 4.47. The molecule has 0 fully saturated rings. The Morgan fingerprint density at radius 3 is 0.782 bits per heavy atom. The quantitative estimate of drug-likeness (QED) is 0.0261. The third kappa shape index (κ3) is 62.1. The van der Waals surface area contributed by atoms with Crippen molar-refractivity contribution in [3.8, 4) is 0 Å². The van der Waals surface area contributed by atoms with E-state index < -0.39 is 6.10 Å². The van der Waals surface area contributed by atoms with Crippen molar-refractivity contribution < 1.29 is 28.6 Å². The largest absolute Gasteiger partial charge is 0.462 e. The summed E-state index contributed by atoms with van der Waals surface area (Å²) in [4.78, 5) is 38.4. The van der Waals surface area contributed by atoms with Crippen molar-refractivity contribution in [1.29, 1.82) is 0 Å². The van der Waals surface area contributed by atoms with Crippen LogP contribution in [-0.2, 0) is 28.6 Å². The first-order valence-electron chi connectivity index (χ1n) is 31.8. The average Bonchev–Trinajstić information content (AvgIpc) is 3.44. The van der Waals surface area contributed by atoms with Gasteiger partial charge in [0.2, 0.25) is 0 Å². The van der Waals surface area contributed by atoms with Gasteiger partial charge in [-0.25, -0.2) is 0 Å². The van der Waals surface area contributed by atoms with Gasteiger partial charge in [-0.2, -0.15) is 0 Å². The Hall–Kier alpha value is -4.71. The van der Waals surface area contributed by atoms with Gasteiger partial charge in [-0.15, -0.1) is 0 Å². The molecule has 1 atom stereocenters. The summed E-state index contributed by atoms with van der Waals surface area (Å²) in [5.41, 5.74) is 0. The highest BCUT2D eigenvalue weighted by Crippen LogP contribution is 2.14. The van der Waals surface area contributed by atoms with Gasteiger partial charge in [0, 0.05) is 19.3 Å². The first kappa shape index (κ1) is 73.3. The van der Waals surface area contributed by atoms with Crippen LogP contribution in [0.5, 0.6) is 0 Å². The molecule has 440 valence electrons. The van der Waals surface area contributed by atoms with Gasteiger partial charge in [0.1, 0.15) is 13.2 Å². The van der Waals surface area contributed by atoms with Crippen molar-refractivity contribution in [3.63, 3.8) is 0 Å². The molecule has 0 spiro atoms. The predicted molar refractivity (Wildman–Crippen MR) is 339 cm³/mol. The zero-order valence-corrected chi connectivity index (χ0v) is 50.4. The fourth-order valence-electron chi connectivity index (χ4n) is 8.35. The normalized spacial score (nSPS) is 13.1. The lowest BCUT2D eigenvalue weighted by molar-refractivity contribution is -0.167. The topological polar surface area (TPSA) is 78.9 Å². The molecular formula is C72H116O6. The van der Waals surface area contributed by atoms with Crippen molar-refractivity contribution in [2.75, 3.05) is 13.2 Å². The lowest BCUT2D eigenvalue weighted by Crippen LogP contribution is -2.30. The van der Waals surface area contributed by atoms with Gasteiger partial charge in [-0.05, 0) is 141 Å². The van der Waals surface area contributed by atoms with Gasteiger partial charge >= 0.3 is 17.9 Å². The fraction of sp³-hybridized carbons (Fsp3) is 0.625. The fourth-order valence-corrected chi connectivity index (χ4v) is 8.35. The second kappa shape index (κ2) is 64.8. The molecule has 78 heavy (non-hydrogen) atoms. The minimum absolute atomic E-state index is 0.101. The predicted octanol–water partition coefficient (Wildman–Crippen LogP) is 21.9. The van der Waals surface area contributed by atoms with Crippen LogP contribution in [0.3, 0.4) is 0 Å². The summed E-state index contributed by atoms with van der Waals surface area (Å²) < 4.78 is 16.9. The van der Waals surface area contributed by atoms with Gasteiger partial charge in [-0.1, -0.05) is 256 Å². The van der Waals surface area contributed by atoms with Crippen LogP contribution in [0.1, 0.15) is 271 Å². The summed E-state index contributed by atoms with van der Waals surface area (Å²) in [6.07, 6.45) is 92.7. The maximum atomic E-state index is 12.9. The molecule has 0 aliphatic heterocycles. The second-order valence-electron chi connectivity index (χ2n) is 20.5. The van der Waals surface area contributed by atoms with E-state index in [-0.39, 0.29) is 31.1 Å². The highest BCUT2D eigenvalue weighted by molar-refractivity contribution is 5.71. The van der Waals surface area contributed by atoms with E-state index in [9.17, 15) is 14.4 Å². The lowest BCUT2D eigenvalue weighted by atomic mass is 10.1. The standard InChI is InChI=1S/C72H116O6/c1-4-7-10-13-16-19-22-25-28-31-33-34-35-36-37-38-40-41-44-47-50-53-56-59-62-65-71(74)77-68-69(67-76-70(73)64-61-58-55-52-49-46-43-30-27-24-21-18-15-12-9-6-3)78-72(75)66-63-60-57-54-51-48-45-42-39-32-29-26-23-20-17-14-11-8-5-2/h7-8,10-11,16-17,19-21,24-26,28-30,33-34,36-37,39-43,69H,4-6,9,12-15,18,22-23,27,31-32,35,38,44-68H2,1-3H3/b10-7-,11-8-,19-16-,20-17-,24-21-,28-25-,29-26-,34-33-,37-36-,41-40-,42-39-,43-30-. The molecule has 0 bridgehead atoms. The summed E-state index contributed by atoms with van der Waals surface area (Å²) in [6.45, 7) is 6.36. The Morgan fingerprint density at radius 2 is 0.500 bits per heavy atom. The molecule has 0 aliphatic rings. The molecule has 6 heteroatoms. The van der Waals surface area contributed by atoms with E-state index in [1.54, 1.807) is 0 Å². The maximum absolute atomic E-state index is 12.9. The van der Waals surface area contributed by atoms with Crippen LogP contribution >= 0.6 is 0 Å². The zero-order chi connectivity index (χ0) is 56.4. The first-order chi connectivity index (χ1) is 38.5. The van der Waals surface area contributed by atoms with Gasteiger partial charge < -0.3 is 14.2 Å².